The Labute approximate surface area is 115 Å². The fourth-order valence-electron chi connectivity index (χ4n) is 2.63. The van der Waals surface area contributed by atoms with Crippen LogP contribution in [0.3, 0.4) is 0 Å². The Hall–Kier alpha value is -0.620. The molecule has 1 amide bonds. The molecule has 0 atom stereocenters. The second kappa shape index (κ2) is 6.22. The van der Waals surface area contributed by atoms with Gasteiger partial charge in [0.2, 0.25) is 15.9 Å². The summed E-state index contributed by atoms with van der Waals surface area (Å²) >= 11 is 0. The van der Waals surface area contributed by atoms with Gasteiger partial charge in [-0.1, -0.05) is 6.42 Å². The lowest BCUT2D eigenvalue weighted by atomic mass is 9.84. The van der Waals surface area contributed by atoms with Crippen molar-refractivity contribution >= 4 is 15.9 Å². The number of sulfonamides is 1. The zero-order chi connectivity index (χ0) is 13.9. The number of carbonyl (C=O) groups excluding carboxylic acids is 1. The Morgan fingerprint density at radius 3 is 2.32 bits per heavy atom. The summed E-state index contributed by atoms with van der Waals surface area (Å²) in [7, 11) is -3.04. The summed E-state index contributed by atoms with van der Waals surface area (Å²) in [5, 5.41) is 3.01. The average Bonchev–Trinajstić information content (AvgIpc) is 2.35. The summed E-state index contributed by atoms with van der Waals surface area (Å²) in [5.74, 6) is 1.03. The number of nitrogens with one attached hydrogen (secondary N) is 1. The van der Waals surface area contributed by atoms with Gasteiger partial charge in [-0.2, -0.15) is 0 Å². The molecule has 1 aliphatic heterocycles. The Bertz CT molecular complexity index is 410. The van der Waals surface area contributed by atoms with Gasteiger partial charge in [0.15, 0.2) is 0 Å². The maximum absolute atomic E-state index is 11.7. The number of nitrogens with zero attached hydrogens (tertiary/aromatic N) is 1. The first-order chi connectivity index (χ1) is 9.03. The van der Waals surface area contributed by atoms with Gasteiger partial charge in [-0.15, -0.1) is 0 Å². The second-order valence-corrected chi connectivity index (χ2v) is 7.87. The molecule has 2 aliphatic rings. The molecule has 1 aliphatic carbocycles. The van der Waals surface area contributed by atoms with Crippen LogP contribution in [0.25, 0.3) is 0 Å². The molecule has 110 valence electrons. The predicted molar refractivity (Wildman–Crippen MR) is 74.1 cm³/mol. The zero-order valence-electron chi connectivity index (χ0n) is 11.6. The SMILES string of the molecule is CCS(=O)(=O)N1CCC(CNC(=O)C2CCC2)CC1. The van der Waals surface area contributed by atoms with E-state index in [-0.39, 0.29) is 17.6 Å². The van der Waals surface area contributed by atoms with Crippen molar-refractivity contribution in [1.82, 2.24) is 9.62 Å². The lowest BCUT2D eigenvalue weighted by molar-refractivity contribution is -0.127. The van der Waals surface area contributed by atoms with Crippen LogP contribution in [-0.2, 0) is 14.8 Å². The van der Waals surface area contributed by atoms with E-state index in [1.165, 1.54) is 6.42 Å². The van der Waals surface area contributed by atoms with E-state index in [9.17, 15) is 13.2 Å². The van der Waals surface area contributed by atoms with Crippen molar-refractivity contribution in [3.05, 3.63) is 0 Å². The van der Waals surface area contributed by atoms with Crippen LogP contribution in [0.1, 0.15) is 39.0 Å². The standard InChI is InChI=1S/C13H24N2O3S/c1-2-19(17,18)15-8-6-11(7-9-15)10-14-13(16)12-4-3-5-12/h11-12H,2-10H2,1H3,(H,14,16). The molecule has 2 fully saturated rings. The van der Waals surface area contributed by atoms with Crippen molar-refractivity contribution < 1.29 is 13.2 Å². The van der Waals surface area contributed by atoms with Gasteiger partial charge in [-0.3, -0.25) is 4.79 Å². The third-order valence-corrected chi connectivity index (χ3v) is 6.25. The van der Waals surface area contributed by atoms with E-state index in [0.717, 1.165) is 25.7 Å². The molecule has 2 rings (SSSR count). The van der Waals surface area contributed by atoms with Crippen LogP contribution < -0.4 is 5.32 Å². The Balaban J connectivity index is 1.70. The van der Waals surface area contributed by atoms with Crippen LogP contribution in [0.2, 0.25) is 0 Å². The van der Waals surface area contributed by atoms with Crippen LogP contribution in [-0.4, -0.2) is 44.0 Å². The van der Waals surface area contributed by atoms with Gasteiger partial charge in [-0.05, 0) is 38.5 Å². The first-order valence-electron chi connectivity index (χ1n) is 7.28. The minimum atomic E-state index is -3.04. The number of carbonyl (C=O) groups is 1. The van der Waals surface area contributed by atoms with Crippen LogP contribution in [0.5, 0.6) is 0 Å². The van der Waals surface area contributed by atoms with Crippen molar-refractivity contribution in [2.45, 2.75) is 39.0 Å². The van der Waals surface area contributed by atoms with E-state index in [0.29, 0.717) is 25.6 Å². The Morgan fingerprint density at radius 1 is 1.21 bits per heavy atom. The highest BCUT2D eigenvalue weighted by Gasteiger charge is 2.28. The summed E-state index contributed by atoms with van der Waals surface area (Å²) in [6.07, 6.45) is 4.93. The molecule has 1 saturated carbocycles. The fraction of sp³-hybridized carbons (Fsp3) is 0.923. The molecular formula is C13H24N2O3S. The van der Waals surface area contributed by atoms with Gasteiger partial charge in [-0.25, -0.2) is 12.7 Å². The van der Waals surface area contributed by atoms with Gasteiger partial charge in [0.25, 0.3) is 0 Å². The summed E-state index contributed by atoms with van der Waals surface area (Å²) in [4.78, 5) is 11.7. The molecular weight excluding hydrogens is 264 g/mol. The van der Waals surface area contributed by atoms with Crippen LogP contribution in [0.15, 0.2) is 0 Å². The van der Waals surface area contributed by atoms with Gasteiger partial charge in [0.05, 0.1) is 5.75 Å². The third kappa shape index (κ3) is 3.69. The lowest BCUT2D eigenvalue weighted by Crippen LogP contribution is -2.43. The van der Waals surface area contributed by atoms with Crippen LogP contribution in [0.4, 0.5) is 0 Å². The Morgan fingerprint density at radius 2 is 1.84 bits per heavy atom. The van der Waals surface area contributed by atoms with Crippen molar-refractivity contribution in [2.75, 3.05) is 25.4 Å². The minimum absolute atomic E-state index is 0.177. The second-order valence-electron chi connectivity index (χ2n) is 5.62. The van der Waals surface area contributed by atoms with E-state index in [1.54, 1.807) is 11.2 Å². The quantitative estimate of drug-likeness (QED) is 0.819. The topological polar surface area (TPSA) is 66.5 Å². The average molecular weight is 288 g/mol. The van der Waals surface area contributed by atoms with Crippen LogP contribution in [0, 0.1) is 11.8 Å². The highest BCUT2D eigenvalue weighted by molar-refractivity contribution is 7.89. The van der Waals surface area contributed by atoms with Crippen molar-refractivity contribution in [3.8, 4) is 0 Å². The van der Waals surface area contributed by atoms with Crippen molar-refractivity contribution in [3.63, 3.8) is 0 Å². The normalized spacial score (nSPS) is 23.0. The summed E-state index contributed by atoms with van der Waals surface area (Å²) in [6, 6.07) is 0. The molecule has 5 nitrogen and oxygen atoms in total. The van der Waals surface area contributed by atoms with E-state index in [1.807, 2.05) is 0 Å². The largest absolute Gasteiger partial charge is 0.356 e. The van der Waals surface area contributed by atoms with Gasteiger partial charge in [0.1, 0.15) is 0 Å². The smallest absolute Gasteiger partial charge is 0.223 e. The number of piperidine rings is 1. The minimum Gasteiger partial charge on any atom is -0.356 e. The summed E-state index contributed by atoms with van der Waals surface area (Å²) < 4.78 is 25.0. The van der Waals surface area contributed by atoms with Gasteiger partial charge < -0.3 is 5.32 Å². The van der Waals surface area contributed by atoms with Crippen molar-refractivity contribution in [1.29, 1.82) is 0 Å². The maximum atomic E-state index is 11.7. The van der Waals surface area contributed by atoms with Crippen LogP contribution >= 0.6 is 0 Å². The Kier molecular flexibility index (Phi) is 4.84. The maximum Gasteiger partial charge on any atom is 0.223 e. The van der Waals surface area contributed by atoms with E-state index in [4.69, 9.17) is 0 Å². The molecule has 0 spiro atoms. The third-order valence-electron chi connectivity index (χ3n) is 4.37. The fourth-order valence-corrected chi connectivity index (χ4v) is 3.77. The highest BCUT2D eigenvalue weighted by Crippen LogP contribution is 2.26. The highest BCUT2D eigenvalue weighted by atomic mass is 32.2. The number of rotatable bonds is 5. The number of hydrogen-bond acceptors (Lipinski definition) is 3. The molecule has 0 aromatic rings. The molecule has 0 radical (unpaired) electrons. The number of amides is 1. The van der Waals surface area contributed by atoms with E-state index < -0.39 is 10.0 Å². The first kappa shape index (κ1) is 14.8. The molecule has 6 heteroatoms. The lowest BCUT2D eigenvalue weighted by Gasteiger charge is -2.32. The van der Waals surface area contributed by atoms with Crippen molar-refractivity contribution in [2.24, 2.45) is 11.8 Å². The molecule has 0 aromatic carbocycles. The van der Waals surface area contributed by atoms with E-state index in [2.05, 4.69) is 5.32 Å². The van der Waals surface area contributed by atoms with Gasteiger partial charge >= 0.3 is 0 Å². The summed E-state index contributed by atoms with van der Waals surface area (Å²) in [6.45, 7) is 3.58. The molecule has 1 N–H and O–H groups in total. The zero-order valence-corrected chi connectivity index (χ0v) is 12.4. The predicted octanol–water partition coefficient (Wildman–Crippen LogP) is 0.964. The summed E-state index contributed by atoms with van der Waals surface area (Å²) in [5.41, 5.74) is 0. The molecule has 1 heterocycles. The number of hydrogen-bond donors (Lipinski definition) is 1. The molecule has 0 aromatic heterocycles. The monoisotopic (exact) mass is 288 g/mol. The van der Waals surface area contributed by atoms with Gasteiger partial charge in [0, 0.05) is 25.6 Å². The van der Waals surface area contributed by atoms with E-state index >= 15 is 0 Å². The molecule has 0 bridgehead atoms. The molecule has 1 saturated heterocycles. The molecule has 19 heavy (non-hydrogen) atoms. The first-order valence-corrected chi connectivity index (χ1v) is 8.89. The molecule has 0 unspecified atom stereocenters.